The number of hydrogen-bond acceptors (Lipinski definition) is 5. The van der Waals surface area contributed by atoms with Crippen LogP contribution in [-0.4, -0.2) is 34.1 Å². The number of amides is 1. The van der Waals surface area contributed by atoms with E-state index in [4.69, 9.17) is 0 Å². The van der Waals surface area contributed by atoms with Gasteiger partial charge in [-0.2, -0.15) is 0 Å². The van der Waals surface area contributed by atoms with E-state index in [0.29, 0.717) is 23.4 Å². The number of non-ortho nitro benzene ring substituents is 1. The number of nitro groups is 1. The predicted molar refractivity (Wildman–Crippen MR) is 169 cm³/mol. The summed E-state index contributed by atoms with van der Waals surface area (Å²) in [5.74, 6) is -0.776. The molecule has 4 aromatic carbocycles. The molecule has 0 aromatic heterocycles. The molecule has 0 bridgehead atoms. The average molecular weight is 582 g/mol. The molecule has 218 valence electrons. The maximum absolute atomic E-state index is 15.7. The van der Waals surface area contributed by atoms with E-state index in [2.05, 4.69) is 34.5 Å². The second-order valence-corrected chi connectivity index (χ2v) is 12.6. The zero-order chi connectivity index (χ0) is 30.4. The quantitative estimate of drug-likeness (QED) is 0.166. The van der Waals surface area contributed by atoms with E-state index >= 15 is 4.79 Å². The van der Waals surface area contributed by atoms with Crippen LogP contribution in [0.2, 0.25) is 0 Å². The van der Waals surface area contributed by atoms with Crippen LogP contribution < -0.4 is 5.32 Å². The first kappa shape index (κ1) is 26.7. The Morgan fingerprint density at radius 3 is 2.34 bits per heavy atom. The van der Waals surface area contributed by atoms with E-state index in [-0.39, 0.29) is 29.3 Å². The maximum atomic E-state index is 15.7. The summed E-state index contributed by atoms with van der Waals surface area (Å²) in [7, 11) is 0. The Morgan fingerprint density at radius 2 is 1.61 bits per heavy atom. The van der Waals surface area contributed by atoms with Gasteiger partial charge in [-0.3, -0.25) is 24.6 Å². The molecule has 4 aromatic rings. The lowest BCUT2D eigenvalue weighted by molar-refractivity contribution is -0.385. The fourth-order valence-electron chi connectivity index (χ4n) is 8.77. The molecule has 7 nitrogen and oxygen atoms in total. The minimum absolute atomic E-state index is 0.0986. The van der Waals surface area contributed by atoms with E-state index in [9.17, 15) is 14.9 Å². The van der Waals surface area contributed by atoms with Crippen LogP contribution in [0.3, 0.4) is 0 Å². The van der Waals surface area contributed by atoms with Gasteiger partial charge >= 0.3 is 0 Å². The Morgan fingerprint density at radius 1 is 0.909 bits per heavy atom. The first-order valence-corrected chi connectivity index (χ1v) is 15.1. The van der Waals surface area contributed by atoms with Gasteiger partial charge in [0.05, 0.1) is 10.3 Å². The third-order valence-corrected chi connectivity index (χ3v) is 10.4. The van der Waals surface area contributed by atoms with Crippen molar-refractivity contribution in [2.75, 3.05) is 11.9 Å². The van der Waals surface area contributed by atoms with Crippen molar-refractivity contribution in [3.8, 4) is 0 Å². The molecule has 0 saturated carbocycles. The molecule has 1 N–H and O–H groups in total. The highest BCUT2D eigenvalue weighted by Gasteiger charge is 2.80. The number of fused-ring (bicyclic) bond motifs is 7. The molecular weight excluding hydrogens is 550 g/mol. The van der Waals surface area contributed by atoms with Crippen LogP contribution in [-0.2, 0) is 20.5 Å². The molecule has 3 heterocycles. The fourth-order valence-corrected chi connectivity index (χ4v) is 8.77. The Hall–Kier alpha value is -4.88. The number of carbonyl (C=O) groups excluding carboxylic acids is 2. The fraction of sp³-hybridized carbons (Fsp3) is 0.243. The summed E-state index contributed by atoms with van der Waals surface area (Å²) in [5.41, 5.74) is 4.41. The topological polar surface area (TPSA) is 92.6 Å². The first-order valence-electron chi connectivity index (χ1n) is 15.1. The van der Waals surface area contributed by atoms with Crippen molar-refractivity contribution in [1.82, 2.24) is 4.90 Å². The summed E-state index contributed by atoms with van der Waals surface area (Å²) >= 11 is 0. The van der Waals surface area contributed by atoms with Crippen molar-refractivity contribution in [2.45, 2.75) is 49.6 Å². The molecule has 1 amide bonds. The third kappa shape index (κ3) is 3.25. The van der Waals surface area contributed by atoms with Crippen molar-refractivity contribution < 1.29 is 14.5 Å². The van der Waals surface area contributed by atoms with E-state index in [1.54, 1.807) is 6.07 Å². The minimum atomic E-state index is -1.47. The van der Waals surface area contributed by atoms with E-state index in [0.717, 1.165) is 46.2 Å². The molecule has 2 spiro atoms. The molecule has 1 aliphatic carbocycles. The zero-order valence-corrected chi connectivity index (χ0v) is 24.5. The lowest BCUT2D eigenvalue weighted by Gasteiger charge is -2.44. The number of nitrogens with one attached hydrogen (secondary N) is 1. The smallest absolute Gasteiger partial charge is 0.269 e. The van der Waals surface area contributed by atoms with Crippen LogP contribution in [0.15, 0.2) is 91.0 Å². The Balaban J connectivity index is 1.50. The van der Waals surface area contributed by atoms with Crippen LogP contribution in [0.5, 0.6) is 0 Å². The van der Waals surface area contributed by atoms with E-state index in [1.807, 2.05) is 68.5 Å². The highest BCUT2D eigenvalue weighted by atomic mass is 16.6. The number of anilines is 1. The second kappa shape index (κ2) is 9.31. The van der Waals surface area contributed by atoms with Crippen molar-refractivity contribution in [3.05, 3.63) is 140 Å². The lowest BCUT2D eigenvalue weighted by atomic mass is 9.56. The number of carbonyl (C=O) groups is 2. The molecule has 8 rings (SSSR count). The Bertz CT molecular complexity index is 1930. The summed E-state index contributed by atoms with van der Waals surface area (Å²) in [4.78, 5) is 44.4. The summed E-state index contributed by atoms with van der Waals surface area (Å²) < 4.78 is 0. The first-order chi connectivity index (χ1) is 21.3. The van der Waals surface area contributed by atoms with Crippen LogP contribution in [0, 0.1) is 24.0 Å². The number of allylic oxidation sites excluding steroid dienone is 1. The number of benzene rings is 4. The van der Waals surface area contributed by atoms with Gasteiger partial charge in [-0.25, -0.2) is 0 Å². The van der Waals surface area contributed by atoms with Gasteiger partial charge in [0.25, 0.3) is 11.6 Å². The van der Waals surface area contributed by atoms with Gasteiger partial charge in [0.15, 0.2) is 5.78 Å². The number of nitrogens with zero attached hydrogens (tertiary/aromatic N) is 2. The standard InChI is InChI=1S/C37H31N3O4/c1-22-9-13-24(14-10-22)20-28-27-6-3-4-7-29(27)36(34(28)41)33(25-15-11-23(2)12-16-25)32-8-5-19-39(32)37(36)30-21-26(40(43)44)17-18-31(30)38-35(37)42/h3-4,6-7,9-18,20-21,32-33H,5,8,19H2,1-2H3,(H,38,42)/b28-20+/t32-,33-,36-,37+/m0/s1. The summed E-state index contributed by atoms with van der Waals surface area (Å²) in [5, 5.41) is 15.2. The van der Waals surface area contributed by atoms with Crippen LogP contribution in [0.25, 0.3) is 11.6 Å². The van der Waals surface area contributed by atoms with Gasteiger partial charge in [-0.15, -0.1) is 0 Å². The average Bonchev–Trinajstić information content (AvgIpc) is 3.73. The molecule has 0 radical (unpaired) electrons. The largest absolute Gasteiger partial charge is 0.324 e. The highest BCUT2D eigenvalue weighted by Crippen LogP contribution is 2.71. The van der Waals surface area contributed by atoms with Gasteiger partial charge in [0.2, 0.25) is 0 Å². The number of aryl methyl sites for hydroxylation is 2. The molecular formula is C37H31N3O4. The number of hydrogen-bond donors (Lipinski definition) is 1. The molecule has 3 aliphatic heterocycles. The van der Waals surface area contributed by atoms with Gasteiger partial charge < -0.3 is 5.32 Å². The van der Waals surface area contributed by atoms with Crippen molar-refractivity contribution in [1.29, 1.82) is 0 Å². The summed E-state index contributed by atoms with van der Waals surface area (Å²) in [6.45, 7) is 4.67. The van der Waals surface area contributed by atoms with Crippen molar-refractivity contribution in [2.24, 2.45) is 0 Å². The monoisotopic (exact) mass is 581 g/mol. The second-order valence-electron chi connectivity index (χ2n) is 12.6. The van der Waals surface area contributed by atoms with Gasteiger partial charge in [-0.05, 0) is 67.6 Å². The van der Waals surface area contributed by atoms with Crippen LogP contribution in [0.4, 0.5) is 11.4 Å². The number of ketones is 1. The van der Waals surface area contributed by atoms with Crippen molar-refractivity contribution >= 4 is 34.7 Å². The van der Waals surface area contributed by atoms with Gasteiger partial charge in [0, 0.05) is 40.9 Å². The van der Waals surface area contributed by atoms with Crippen LogP contribution >= 0.6 is 0 Å². The lowest BCUT2D eigenvalue weighted by Crippen LogP contribution is -2.60. The summed E-state index contributed by atoms with van der Waals surface area (Å²) in [6.07, 6.45) is 3.62. The number of nitro benzene ring substituents is 1. The molecule has 7 heteroatoms. The van der Waals surface area contributed by atoms with E-state index < -0.39 is 15.9 Å². The molecule has 4 atom stereocenters. The molecule has 4 aliphatic rings. The third-order valence-electron chi connectivity index (χ3n) is 10.4. The Labute approximate surface area is 255 Å². The number of rotatable bonds is 3. The number of Topliss-reactive ketones (excluding diaryl/α,β-unsaturated/α-hetero) is 1. The molecule has 2 saturated heterocycles. The van der Waals surface area contributed by atoms with Crippen LogP contribution in [0.1, 0.15) is 57.7 Å². The molecule has 0 unspecified atom stereocenters. The SMILES string of the molecule is Cc1ccc(/C=C2/C(=O)[C@]3(c4ccccc42)[C@@H](c2ccc(C)cc2)[C@@H]2CCCN2[C@]32C(=O)Nc3ccc([N+](=O)[O-])cc32)cc1. The zero-order valence-electron chi connectivity index (χ0n) is 24.5. The molecule has 2 fully saturated rings. The van der Waals surface area contributed by atoms with Gasteiger partial charge in [-0.1, -0.05) is 83.9 Å². The maximum Gasteiger partial charge on any atom is 0.269 e. The summed E-state index contributed by atoms with van der Waals surface area (Å²) in [6, 6.07) is 28.7. The highest BCUT2D eigenvalue weighted by molar-refractivity contribution is 6.36. The predicted octanol–water partition coefficient (Wildman–Crippen LogP) is 6.68. The minimum Gasteiger partial charge on any atom is -0.324 e. The van der Waals surface area contributed by atoms with E-state index in [1.165, 1.54) is 12.1 Å². The Kier molecular flexibility index (Phi) is 5.65. The van der Waals surface area contributed by atoms with Crippen molar-refractivity contribution in [3.63, 3.8) is 0 Å². The molecule has 44 heavy (non-hydrogen) atoms. The van der Waals surface area contributed by atoms with Gasteiger partial charge in [0.1, 0.15) is 5.54 Å². The normalized spacial score (nSPS) is 27.6.